The van der Waals surface area contributed by atoms with Crippen LogP contribution in [0, 0.1) is 0 Å². The molecule has 6 heteroatoms. The normalized spacial score (nSPS) is 11.4. The molecular weight excluding hydrogens is 228 g/mol. The first-order chi connectivity index (χ1) is 7.45. The Hall–Kier alpha value is -0.620. The molecule has 0 atom stereocenters. The average molecular weight is 250 g/mol. The highest BCUT2D eigenvalue weighted by molar-refractivity contribution is 7.88. The Kier molecular flexibility index (Phi) is 8.19. The number of nitrogens with one attached hydrogen (secondary N) is 2. The van der Waals surface area contributed by atoms with Gasteiger partial charge in [-0.1, -0.05) is 39.0 Å². The summed E-state index contributed by atoms with van der Waals surface area (Å²) in [5.74, 6) is -0.277. The second-order valence-electron chi connectivity index (χ2n) is 3.94. The van der Waals surface area contributed by atoms with Gasteiger partial charge in [-0.2, -0.15) is 0 Å². The van der Waals surface area contributed by atoms with Gasteiger partial charge < -0.3 is 0 Å². The number of hydrogen-bond donors (Lipinski definition) is 2. The van der Waals surface area contributed by atoms with Gasteiger partial charge in [-0.05, 0) is 6.42 Å². The van der Waals surface area contributed by atoms with Crippen molar-refractivity contribution >= 4 is 15.9 Å². The van der Waals surface area contributed by atoms with Crippen LogP contribution in [-0.2, 0) is 14.8 Å². The maximum absolute atomic E-state index is 11.1. The Labute approximate surface area is 98.0 Å². The van der Waals surface area contributed by atoms with Crippen molar-refractivity contribution in [2.24, 2.45) is 0 Å². The standard InChI is InChI=1S/C10H22N2O3S/c1-3-4-5-6-7-8-9-10(13)11-12-16(2,14)15/h12H,3-9H2,1-2H3,(H,11,13). The van der Waals surface area contributed by atoms with Crippen molar-refractivity contribution in [2.75, 3.05) is 6.26 Å². The average Bonchev–Trinajstić information content (AvgIpc) is 2.19. The molecule has 5 nitrogen and oxygen atoms in total. The largest absolute Gasteiger partial charge is 0.278 e. The van der Waals surface area contributed by atoms with Crippen LogP contribution in [0.4, 0.5) is 0 Å². The molecule has 0 rings (SSSR count). The highest BCUT2D eigenvalue weighted by atomic mass is 32.2. The minimum Gasteiger partial charge on any atom is -0.278 e. The molecule has 0 fully saturated rings. The quantitative estimate of drug-likeness (QED) is 0.478. The van der Waals surface area contributed by atoms with E-state index >= 15 is 0 Å². The van der Waals surface area contributed by atoms with Crippen LogP contribution in [0.5, 0.6) is 0 Å². The van der Waals surface area contributed by atoms with Gasteiger partial charge in [0.1, 0.15) is 0 Å². The highest BCUT2D eigenvalue weighted by Gasteiger charge is 2.04. The molecule has 0 aliphatic carbocycles. The fourth-order valence-corrected chi connectivity index (χ4v) is 1.58. The molecule has 0 radical (unpaired) electrons. The summed E-state index contributed by atoms with van der Waals surface area (Å²) in [6.07, 6.45) is 7.99. The van der Waals surface area contributed by atoms with Gasteiger partial charge in [0.05, 0.1) is 6.26 Å². The minimum atomic E-state index is -3.34. The van der Waals surface area contributed by atoms with E-state index < -0.39 is 10.0 Å². The van der Waals surface area contributed by atoms with Crippen molar-refractivity contribution in [1.29, 1.82) is 0 Å². The van der Waals surface area contributed by atoms with E-state index in [0.29, 0.717) is 6.42 Å². The molecule has 0 unspecified atom stereocenters. The summed E-state index contributed by atoms with van der Waals surface area (Å²) in [5, 5.41) is 0. The van der Waals surface area contributed by atoms with Gasteiger partial charge in [-0.25, -0.2) is 8.42 Å². The van der Waals surface area contributed by atoms with E-state index in [1.165, 1.54) is 19.3 Å². The maximum atomic E-state index is 11.1. The molecule has 0 saturated heterocycles. The molecule has 0 aliphatic rings. The van der Waals surface area contributed by atoms with E-state index in [9.17, 15) is 13.2 Å². The van der Waals surface area contributed by atoms with Crippen molar-refractivity contribution in [1.82, 2.24) is 10.3 Å². The number of unbranched alkanes of at least 4 members (excludes halogenated alkanes) is 5. The molecule has 0 aromatic carbocycles. The molecule has 0 aromatic rings. The fourth-order valence-electron chi connectivity index (χ4n) is 1.28. The summed E-state index contributed by atoms with van der Waals surface area (Å²) in [6, 6.07) is 0. The number of hydrazine groups is 1. The SMILES string of the molecule is CCCCCCCCC(=O)NNS(C)(=O)=O. The predicted molar refractivity (Wildman–Crippen MR) is 64.1 cm³/mol. The van der Waals surface area contributed by atoms with Crippen molar-refractivity contribution in [3.63, 3.8) is 0 Å². The number of carbonyl (C=O) groups excluding carboxylic acids is 1. The van der Waals surface area contributed by atoms with Crippen LogP contribution < -0.4 is 10.3 Å². The highest BCUT2D eigenvalue weighted by Crippen LogP contribution is 2.06. The molecule has 1 amide bonds. The lowest BCUT2D eigenvalue weighted by molar-refractivity contribution is -0.121. The Morgan fingerprint density at radius 3 is 2.19 bits per heavy atom. The van der Waals surface area contributed by atoms with Crippen molar-refractivity contribution in [3.05, 3.63) is 0 Å². The van der Waals surface area contributed by atoms with Crippen molar-refractivity contribution < 1.29 is 13.2 Å². The first kappa shape index (κ1) is 15.4. The molecule has 0 bridgehead atoms. The number of sulfonamides is 1. The molecule has 96 valence electrons. The minimum absolute atomic E-state index is 0.277. The molecule has 16 heavy (non-hydrogen) atoms. The van der Waals surface area contributed by atoms with Crippen LogP contribution in [0.1, 0.15) is 51.9 Å². The summed E-state index contributed by atoms with van der Waals surface area (Å²) in [5.41, 5.74) is 2.15. The van der Waals surface area contributed by atoms with Crippen molar-refractivity contribution in [2.45, 2.75) is 51.9 Å². The Balaban J connectivity index is 3.38. The van der Waals surface area contributed by atoms with E-state index in [-0.39, 0.29) is 5.91 Å². The van der Waals surface area contributed by atoms with Crippen LogP contribution in [0.25, 0.3) is 0 Å². The summed E-state index contributed by atoms with van der Waals surface area (Å²) >= 11 is 0. The fraction of sp³-hybridized carbons (Fsp3) is 0.900. The van der Waals surface area contributed by atoms with Crippen LogP contribution in [0.3, 0.4) is 0 Å². The molecule has 0 spiro atoms. The molecule has 0 aliphatic heterocycles. The van der Waals surface area contributed by atoms with E-state index in [1.807, 2.05) is 4.83 Å². The van der Waals surface area contributed by atoms with E-state index in [0.717, 1.165) is 25.5 Å². The lowest BCUT2D eigenvalue weighted by Gasteiger charge is -2.04. The Morgan fingerprint density at radius 1 is 1.06 bits per heavy atom. The van der Waals surface area contributed by atoms with Gasteiger partial charge in [0.25, 0.3) is 0 Å². The predicted octanol–water partition coefficient (Wildman–Crippen LogP) is 1.32. The molecule has 0 heterocycles. The van der Waals surface area contributed by atoms with Crippen LogP contribution >= 0.6 is 0 Å². The second kappa shape index (κ2) is 8.52. The van der Waals surface area contributed by atoms with Gasteiger partial charge in [0.15, 0.2) is 0 Å². The Bertz CT molecular complexity index is 288. The van der Waals surface area contributed by atoms with Gasteiger partial charge in [-0.3, -0.25) is 10.2 Å². The van der Waals surface area contributed by atoms with E-state index in [4.69, 9.17) is 0 Å². The zero-order valence-corrected chi connectivity index (χ0v) is 10.9. The third-order valence-corrected chi connectivity index (χ3v) is 2.61. The number of rotatable bonds is 9. The molecule has 2 N–H and O–H groups in total. The van der Waals surface area contributed by atoms with E-state index in [1.54, 1.807) is 0 Å². The van der Waals surface area contributed by atoms with Crippen LogP contribution in [-0.4, -0.2) is 20.6 Å². The summed E-state index contributed by atoms with van der Waals surface area (Å²) in [4.78, 5) is 13.1. The number of amides is 1. The summed E-state index contributed by atoms with van der Waals surface area (Å²) in [6.45, 7) is 2.16. The molecule has 0 aromatic heterocycles. The van der Waals surface area contributed by atoms with Crippen LogP contribution in [0.2, 0.25) is 0 Å². The first-order valence-electron chi connectivity index (χ1n) is 5.71. The number of hydrogen-bond acceptors (Lipinski definition) is 3. The van der Waals surface area contributed by atoms with Crippen molar-refractivity contribution in [3.8, 4) is 0 Å². The summed E-state index contributed by atoms with van der Waals surface area (Å²) in [7, 11) is -3.34. The molecular formula is C10H22N2O3S. The first-order valence-corrected chi connectivity index (χ1v) is 7.60. The van der Waals surface area contributed by atoms with Gasteiger partial charge in [0, 0.05) is 6.42 Å². The second-order valence-corrected chi connectivity index (χ2v) is 5.69. The van der Waals surface area contributed by atoms with E-state index in [2.05, 4.69) is 12.3 Å². The van der Waals surface area contributed by atoms with Gasteiger partial charge in [-0.15, -0.1) is 4.83 Å². The monoisotopic (exact) mass is 250 g/mol. The van der Waals surface area contributed by atoms with Gasteiger partial charge in [0.2, 0.25) is 15.9 Å². The third kappa shape index (κ3) is 11.5. The molecule has 0 saturated carbocycles. The van der Waals surface area contributed by atoms with Gasteiger partial charge >= 0.3 is 0 Å². The maximum Gasteiger partial charge on any atom is 0.234 e. The number of carbonyl (C=O) groups is 1. The lowest BCUT2D eigenvalue weighted by atomic mass is 10.1. The Morgan fingerprint density at radius 2 is 1.62 bits per heavy atom. The third-order valence-electron chi connectivity index (χ3n) is 2.13. The lowest BCUT2D eigenvalue weighted by Crippen LogP contribution is -2.40. The summed E-state index contributed by atoms with van der Waals surface area (Å²) < 4.78 is 21.3. The topological polar surface area (TPSA) is 75.3 Å². The zero-order valence-electron chi connectivity index (χ0n) is 10.1. The zero-order chi connectivity index (χ0) is 12.4. The van der Waals surface area contributed by atoms with Crippen LogP contribution in [0.15, 0.2) is 0 Å². The smallest absolute Gasteiger partial charge is 0.234 e.